The first-order valence-corrected chi connectivity index (χ1v) is 6.20. The molecule has 1 heterocycles. The summed E-state index contributed by atoms with van der Waals surface area (Å²) < 4.78 is 10.4. The fourth-order valence-corrected chi connectivity index (χ4v) is 1.66. The van der Waals surface area contributed by atoms with E-state index < -0.39 is 0 Å². The van der Waals surface area contributed by atoms with Crippen LogP contribution in [0.3, 0.4) is 0 Å². The van der Waals surface area contributed by atoms with Gasteiger partial charge in [0.1, 0.15) is 11.5 Å². The standard InChI is InChI=1S/C15H15N3O3/c1-20-13-5-6-14(21-2)12(8-13)10-17-18-15(19)11-4-3-7-16-9-11/h3-10H,1-2H3,(H,18,19)/b17-10-. The first-order chi connectivity index (χ1) is 10.2. The number of rotatable bonds is 5. The molecule has 0 bridgehead atoms. The van der Waals surface area contributed by atoms with E-state index in [0.717, 1.165) is 0 Å². The molecule has 0 aliphatic heterocycles. The van der Waals surface area contributed by atoms with Gasteiger partial charge in [-0.25, -0.2) is 5.43 Å². The lowest BCUT2D eigenvalue weighted by atomic mass is 10.2. The fraction of sp³-hybridized carbons (Fsp3) is 0.133. The lowest BCUT2D eigenvalue weighted by Crippen LogP contribution is -2.17. The topological polar surface area (TPSA) is 72.8 Å². The van der Waals surface area contributed by atoms with Gasteiger partial charge in [0.2, 0.25) is 0 Å². The molecule has 1 aromatic carbocycles. The zero-order valence-corrected chi connectivity index (χ0v) is 11.7. The van der Waals surface area contributed by atoms with Crippen LogP contribution in [0.2, 0.25) is 0 Å². The second-order valence-corrected chi connectivity index (χ2v) is 4.05. The number of pyridine rings is 1. The van der Waals surface area contributed by atoms with E-state index in [-0.39, 0.29) is 5.91 Å². The number of hydrogen-bond donors (Lipinski definition) is 1. The number of benzene rings is 1. The molecule has 108 valence electrons. The van der Waals surface area contributed by atoms with Gasteiger partial charge in [0, 0.05) is 18.0 Å². The van der Waals surface area contributed by atoms with Crippen LogP contribution in [0.1, 0.15) is 15.9 Å². The Morgan fingerprint density at radius 3 is 2.81 bits per heavy atom. The summed E-state index contributed by atoms with van der Waals surface area (Å²) in [6.45, 7) is 0. The van der Waals surface area contributed by atoms with Crippen molar-refractivity contribution in [1.82, 2.24) is 10.4 Å². The van der Waals surface area contributed by atoms with Gasteiger partial charge in [0.05, 0.1) is 26.0 Å². The van der Waals surface area contributed by atoms with E-state index in [1.165, 1.54) is 12.4 Å². The molecule has 0 aliphatic rings. The Hall–Kier alpha value is -2.89. The molecular weight excluding hydrogens is 270 g/mol. The second-order valence-electron chi connectivity index (χ2n) is 4.05. The molecule has 6 heteroatoms. The molecule has 0 aliphatic carbocycles. The summed E-state index contributed by atoms with van der Waals surface area (Å²) in [5, 5.41) is 3.91. The highest BCUT2D eigenvalue weighted by Crippen LogP contribution is 2.22. The van der Waals surface area contributed by atoms with Gasteiger partial charge in [0.25, 0.3) is 5.91 Å². The zero-order chi connectivity index (χ0) is 15.1. The van der Waals surface area contributed by atoms with E-state index >= 15 is 0 Å². The van der Waals surface area contributed by atoms with Gasteiger partial charge < -0.3 is 9.47 Å². The van der Waals surface area contributed by atoms with E-state index in [2.05, 4.69) is 15.5 Å². The third-order valence-corrected chi connectivity index (χ3v) is 2.73. The fourth-order valence-electron chi connectivity index (χ4n) is 1.66. The molecule has 2 aromatic rings. The van der Waals surface area contributed by atoms with Crippen molar-refractivity contribution in [2.24, 2.45) is 5.10 Å². The number of carbonyl (C=O) groups excluding carboxylic acids is 1. The summed E-state index contributed by atoms with van der Waals surface area (Å²) in [6.07, 6.45) is 4.56. The SMILES string of the molecule is COc1ccc(OC)c(/C=N\NC(=O)c2cccnc2)c1. The Labute approximate surface area is 122 Å². The Bertz CT molecular complexity index is 642. The molecule has 0 spiro atoms. The summed E-state index contributed by atoms with van der Waals surface area (Å²) in [5.41, 5.74) is 3.57. The van der Waals surface area contributed by atoms with Gasteiger partial charge in [-0.15, -0.1) is 0 Å². The van der Waals surface area contributed by atoms with Crippen molar-refractivity contribution in [3.8, 4) is 11.5 Å². The molecule has 0 saturated carbocycles. The summed E-state index contributed by atoms with van der Waals surface area (Å²) in [5.74, 6) is 0.979. The predicted molar refractivity (Wildman–Crippen MR) is 78.8 cm³/mol. The number of carbonyl (C=O) groups is 1. The zero-order valence-electron chi connectivity index (χ0n) is 11.7. The van der Waals surface area contributed by atoms with Gasteiger partial charge in [-0.2, -0.15) is 5.10 Å². The van der Waals surface area contributed by atoms with E-state index in [4.69, 9.17) is 9.47 Å². The molecule has 6 nitrogen and oxygen atoms in total. The smallest absolute Gasteiger partial charge is 0.272 e. The van der Waals surface area contributed by atoms with E-state index in [1.54, 1.807) is 50.7 Å². The Balaban J connectivity index is 2.09. The number of methoxy groups -OCH3 is 2. The summed E-state index contributed by atoms with van der Waals surface area (Å²) in [6, 6.07) is 8.65. The third kappa shape index (κ3) is 3.79. The molecule has 1 N–H and O–H groups in total. The van der Waals surface area contributed by atoms with Crippen LogP contribution in [-0.2, 0) is 0 Å². The lowest BCUT2D eigenvalue weighted by molar-refractivity contribution is 0.0955. The minimum Gasteiger partial charge on any atom is -0.497 e. The molecule has 0 radical (unpaired) electrons. The van der Waals surface area contributed by atoms with Crippen LogP contribution in [-0.4, -0.2) is 31.3 Å². The van der Waals surface area contributed by atoms with Crippen LogP contribution in [0.4, 0.5) is 0 Å². The Morgan fingerprint density at radius 1 is 1.29 bits per heavy atom. The number of nitrogens with zero attached hydrogens (tertiary/aromatic N) is 2. The summed E-state index contributed by atoms with van der Waals surface area (Å²) in [4.78, 5) is 15.7. The number of hydrazone groups is 1. The van der Waals surface area contributed by atoms with Crippen molar-refractivity contribution in [3.05, 3.63) is 53.9 Å². The van der Waals surface area contributed by atoms with Gasteiger partial charge in [0.15, 0.2) is 0 Å². The van der Waals surface area contributed by atoms with Gasteiger partial charge in [-0.1, -0.05) is 0 Å². The molecule has 0 unspecified atom stereocenters. The van der Waals surface area contributed by atoms with Gasteiger partial charge in [-0.05, 0) is 30.3 Å². The monoisotopic (exact) mass is 285 g/mol. The average molecular weight is 285 g/mol. The quantitative estimate of drug-likeness (QED) is 0.672. The van der Waals surface area contributed by atoms with Crippen LogP contribution in [0.15, 0.2) is 47.8 Å². The maximum Gasteiger partial charge on any atom is 0.272 e. The van der Waals surface area contributed by atoms with Crippen LogP contribution in [0.5, 0.6) is 11.5 Å². The average Bonchev–Trinajstić information content (AvgIpc) is 2.55. The van der Waals surface area contributed by atoms with Crippen molar-refractivity contribution in [2.45, 2.75) is 0 Å². The maximum atomic E-state index is 11.8. The first-order valence-electron chi connectivity index (χ1n) is 6.20. The van der Waals surface area contributed by atoms with Crippen molar-refractivity contribution in [2.75, 3.05) is 14.2 Å². The highest BCUT2D eigenvalue weighted by Gasteiger charge is 2.04. The highest BCUT2D eigenvalue weighted by molar-refractivity contribution is 5.94. The van der Waals surface area contributed by atoms with Crippen LogP contribution in [0, 0.1) is 0 Å². The Kier molecular flexibility index (Phi) is 4.87. The molecule has 1 aromatic heterocycles. The minimum atomic E-state index is -0.332. The molecule has 1 amide bonds. The van der Waals surface area contributed by atoms with Crippen LogP contribution >= 0.6 is 0 Å². The Morgan fingerprint density at radius 2 is 2.14 bits per heavy atom. The normalized spacial score (nSPS) is 10.4. The van der Waals surface area contributed by atoms with Crippen molar-refractivity contribution < 1.29 is 14.3 Å². The van der Waals surface area contributed by atoms with E-state index in [0.29, 0.717) is 22.6 Å². The van der Waals surface area contributed by atoms with E-state index in [1.807, 2.05) is 0 Å². The van der Waals surface area contributed by atoms with Crippen molar-refractivity contribution >= 4 is 12.1 Å². The predicted octanol–water partition coefficient (Wildman–Crippen LogP) is 1.86. The second kappa shape index (κ2) is 7.04. The lowest BCUT2D eigenvalue weighted by Gasteiger charge is -2.06. The van der Waals surface area contributed by atoms with Crippen molar-refractivity contribution in [1.29, 1.82) is 0 Å². The maximum absolute atomic E-state index is 11.8. The van der Waals surface area contributed by atoms with Crippen LogP contribution in [0.25, 0.3) is 0 Å². The first kappa shape index (κ1) is 14.5. The minimum absolute atomic E-state index is 0.332. The number of amides is 1. The number of aromatic nitrogens is 1. The highest BCUT2D eigenvalue weighted by atomic mass is 16.5. The van der Waals surface area contributed by atoms with Crippen LogP contribution < -0.4 is 14.9 Å². The molecule has 2 rings (SSSR count). The molecule has 0 fully saturated rings. The number of hydrogen-bond acceptors (Lipinski definition) is 5. The summed E-state index contributed by atoms with van der Waals surface area (Å²) >= 11 is 0. The van der Waals surface area contributed by atoms with E-state index in [9.17, 15) is 4.79 Å². The molecular formula is C15H15N3O3. The molecule has 0 atom stereocenters. The van der Waals surface area contributed by atoms with Gasteiger partial charge in [-0.3, -0.25) is 9.78 Å². The number of ether oxygens (including phenoxy) is 2. The van der Waals surface area contributed by atoms with Crippen molar-refractivity contribution in [3.63, 3.8) is 0 Å². The summed E-state index contributed by atoms with van der Waals surface area (Å²) in [7, 11) is 3.14. The molecule has 21 heavy (non-hydrogen) atoms. The van der Waals surface area contributed by atoms with Gasteiger partial charge >= 0.3 is 0 Å². The third-order valence-electron chi connectivity index (χ3n) is 2.73. The largest absolute Gasteiger partial charge is 0.497 e. The molecule has 0 saturated heterocycles. The number of nitrogens with one attached hydrogen (secondary N) is 1.